The van der Waals surface area contributed by atoms with Crippen LogP contribution in [0.15, 0.2) is 0 Å². The smallest absolute Gasteiger partial charge is 0.0396 e. The lowest BCUT2D eigenvalue weighted by Crippen LogP contribution is -2.58. The van der Waals surface area contributed by atoms with Crippen LogP contribution in [-0.2, 0) is 0 Å². The summed E-state index contributed by atoms with van der Waals surface area (Å²) in [6, 6.07) is 2.22. The van der Waals surface area contributed by atoms with E-state index in [1.165, 1.54) is 30.8 Å². The first-order valence-electron chi connectivity index (χ1n) is 5.39. The van der Waals surface area contributed by atoms with E-state index in [2.05, 4.69) is 24.3 Å². The summed E-state index contributed by atoms with van der Waals surface area (Å²) in [4.78, 5) is 0. The molecule has 2 nitrogen and oxygen atoms in total. The largest absolute Gasteiger partial charge is 0.250 e. The molecule has 2 saturated heterocycles. The molecule has 2 unspecified atom stereocenters. The van der Waals surface area contributed by atoms with E-state index in [4.69, 9.17) is 0 Å². The molecule has 0 spiro atoms. The number of hydrogen-bond acceptors (Lipinski definition) is 3. The second-order valence-electron chi connectivity index (χ2n) is 4.40. The van der Waals surface area contributed by atoms with Gasteiger partial charge in [0.05, 0.1) is 0 Å². The Hall–Kier alpha value is 0.270. The second-order valence-corrected chi connectivity index (χ2v) is 5.47. The highest BCUT2D eigenvalue weighted by molar-refractivity contribution is 8.00. The lowest BCUT2D eigenvalue weighted by Gasteiger charge is -2.43. The van der Waals surface area contributed by atoms with Gasteiger partial charge in [-0.15, -0.1) is 0 Å². The van der Waals surface area contributed by atoms with E-state index < -0.39 is 0 Å². The van der Waals surface area contributed by atoms with Gasteiger partial charge >= 0.3 is 0 Å². The van der Waals surface area contributed by atoms with E-state index in [0.717, 1.165) is 18.1 Å². The van der Waals surface area contributed by atoms with Gasteiger partial charge in [0.2, 0.25) is 0 Å². The number of rotatable bonds is 2. The number of thioether (sulfide) groups is 1. The summed E-state index contributed by atoms with van der Waals surface area (Å²) in [7, 11) is 0. The van der Waals surface area contributed by atoms with Crippen molar-refractivity contribution < 1.29 is 0 Å². The lowest BCUT2D eigenvalue weighted by molar-refractivity contribution is 0.0349. The Morgan fingerprint density at radius 2 is 1.77 bits per heavy atom. The molecule has 2 aliphatic rings. The second kappa shape index (κ2) is 4.20. The van der Waals surface area contributed by atoms with Gasteiger partial charge in [-0.25, -0.2) is 10.4 Å². The molecule has 2 heterocycles. The minimum Gasteiger partial charge on any atom is -0.250 e. The van der Waals surface area contributed by atoms with Crippen molar-refractivity contribution >= 4 is 11.8 Å². The standard InChI is InChI=1S/C10H20N2S/c1-8-4-3-5-9(2)12(8)11-10-6-13-7-10/h8-11H,3-7H2,1-2H3. The highest BCUT2D eigenvalue weighted by atomic mass is 32.2. The normalized spacial score (nSPS) is 37.4. The summed E-state index contributed by atoms with van der Waals surface area (Å²) in [6.45, 7) is 4.68. The molecule has 0 radical (unpaired) electrons. The lowest BCUT2D eigenvalue weighted by atomic mass is 10.00. The molecule has 0 bridgehead atoms. The van der Waals surface area contributed by atoms with Crippen molar-refractivity contribution in [3.05, 3.63) is 0 Å². The van der Waals surface area contributed by atoms with E-state index in [0.29, 0.717) is 0 Å². The average Bonchev–Trinajstić information content (AvgIpc) is 2.00. The fourth-order valence-corrected chi connectivity index (χ4v) is 2.82. The Labute approximate surface area is 85.4 Å². The predicted octanol–water partition coefficient (Wildman–Crippen LogP) is 1.87. The average molecular weight is 200 g/mol. The van der Waals surface area contributed by atoms with Crippen molar-refractivity contribution in [3.8, 4) is 0 Å². The molecule has 2 aliphatic heterocycles. The molecular formula is C10H20N2S. The first-order chi connectivity index (χ1) is 6.27. The van der Waals surface area contributed by atoms with E-state index >= 15 is 0 Å². The molecule has 3 heteroatoms. The van der Waals surface area contributed by atoms with Gasteiger partial charge < -0.3 is 0 Å². The van der Waals surface area contributed by atoms with E-state index in [9.17, 15) is 0 Å². The third-order valence-electron chi connectivity index (χ3n) is 3.16. The fourth-order valence-electron chi connectivity index (χ4n) is 2.20. The number of hydrogen-bond donors (Lipinski definition) is 1. The van der Waals surface area contributed by atoms with Crippen molar-refractivity contribution in [2.45, 2.75) is 51.2 Å². The van der Waals surface area contributed by atoms with Gasteiger partial charge in [-0.05, 0) is 26.7 Å². The van der Waals surface area contributed by atoms with E-state index in [1.807, 2.05) is 11.8 Å². The van der Waals surface area contributed by atoms with E-state index in [1.54, 1.807) is 0 Å². The van der Waals surface area contributed by atoms with Gasteiger partial charge in [-0.1, -0.05) is 6.42 Å². The third kappa shape index (κ3) is 2.20. The van der Waals surface area contributed by atoms with Crippen LogP contribution >= 0.6 is 11.8 Å². The quantitative estimate of drug-likeness (QED) is 0.732. The molecule has 2 rings (SSSR count). The molecule has 0 aliphatic carbocycles. The number of piperidine rings is 1. The van der Waals surface area contributed by atoms with Crippen molar-refractivity contribution in [3.63, 3.8) is 0 Å². The minimum absolute atomic E-state index is 0.731. The number of hydrazine groups is 1. The van der Waals surface area contributed by atoms with Crippen molar-refractivity contribution in [1.82, 2.24) is 10.4 Å². The van der Waals surface area contributed by atoms with Crippen LogP contribution in [0.25, 0.3) is 0 Å². The van der Waals surface area contributed by atoms with E-state index in [-0.39, 0.29) is 0 Å². The maximum Gasteiger partial charge on any atom is 0.0396 e. The molecule has 0 aromatic rings. The summed E-state index contributed by atoms with van der Waals surface area (Å²) < 4.78 is 0. The zero-order valence-electron chi connectivity index (χ0n) is 8.62. The van der Waals surface area contributed by atoms with Crippen molar-refractivity contribution in [2.24, 2.45) is 0 Å². The Bertz CT molecular complexity index is 160. The van der Waals surface area contributed by atoms with Crippen LogP contribution in [0.1, 0.15) is 33.1 Å². The highest BCUT2D eigenvalue weighted by Crippen LogP contribution is 2.24. The summed E-state index contributed by atoms with van der Waals surface area (Å²) in [5.41, 5.74) is 3.67. The SMILES string of the molecule is CC1CCCC(C)N1NC1CSC1. The highest BCUT2D eigenvalue weighted by Gasteiger charge is 2.28. The van der Waals surface area contributed by atoms with Crippen LogP contribution in [0, 0.1) is 0 Å². The van der Waals surface area contributed by atoms with Crippen LogP contribution < -0.4 is 5.43 Å². The maximum atomic E-state index is 3.67. The van der Waals surface area contributed by atoms with Crippen molar-refractivity contribution in [1.29, 1.82) is 0 Å². The molecule has 0 amide bonds. The Balaban J connectivity index is 1.85. The molecule has 76 valence electrons. The molecule has 1 N–H and O–H groups in total. The molecule has 0 aromatic carbocycles. The molecule has 0 aromatic heterocycles. The predicted molar refractivity (Wildman–Crippen MR) is 58.9 cm³/mol. The third-order valence-corrected chi connectivity index (χ3v) is 4.44. The molecular weight excluding hydrogens is 180 g/mol. The van der Waals surface area contributed by atoms with Gasteiger partial charge in [-0.3, -0.25) is 0 Å². The van der Waals surface area contributed by atoms with Crippen LogP contribution in [0.4, 0.5) is 0 Å². The Kier molecular flexibility index (Phi) is 3.17. The number of nitrogens with zero attached hydrogens (tertiary/aromatic N) is 1. The zero-order valence-corrected chi connectivity index (χ0v) is 9.44. The van der Waals surface area contributed by atoms with Crippen LogP contribution in [-0.4, -0.2) is 34.6 Å². The number of nitrogens with one attached hydrogen (secondary N) is 1. The summed E-state index contributed by atoms with van der Waals surface area (Å²) in [5.74, 6) is 2.60. The Morgan fingerprint density at radius 1 is 1.15 bits per heavy atom. The van der Waals surface area contributed by atoms with Crippen molar-refractivity contribution in [2.75, 3.05) is 11.5 Å². The topological polar surface area (TPSA) is 15.3 Å². The summed E-state index contributed by atoms with van der Waals surface area (Å²) in [5, 5.41) is 2.49. The first-order valence-corrected chi connectivity index (χ1v) is 6.55. The summed E-state index contributed by atoms with van der Waals surface area (Å²) >= 11 is 2.05. The van der Waals surface area contributed by atoms with Gasteiger partial charge in [0.1, 0.15) is 0 Å². The molecule has 2 atom stereocenters. The molecule has 0 saturated carbocycles. The van der Waals surface area contributed by atoms with Gasteiger partial charge in [0.15, 0.2) is 0 Å². The zero-order chi connectivity index (χ0) is 9.26. The Morgan fingerprint density at radius 3 is 2.23 bits per heavy atom. The van der Waals surface area contributed by atoms with Crippen LogP contribution in [0.5, 0.6) is 0 Å². The fraction of sp³-hybridized carbons (Fsp3) is 1.00. The monoisotopic (exact) mass is 200 g/mol. The minimum atomic E-state index is 0.731. The van der Waals surface area contributed by atoms with Gasteiger partial charge in [0.25, 0.3) is 0 Å². The van der Waals surface area contributed by atoms with Crippen LogP contribution in [0.2, 0.25) is 0 Å². The van der Waals surface area contributed by atoms with Crippen LogP contribution in [0.3, 0.4) is 0 Å². The maximum absolute atomic E-state index is 3.67. The molecule has 13 heavy (non-hydrogen) atoms. The molecule has 2 fully saturated rings. The summed E-state index contributed by atoms with van der Waals surface area (Å²) in [6.07, 6.45) is 4.12. The van der Waals surface area contributed by atoms with Gasteiger partial charge in [0, 0.05) is 29.6 Å². The van der Waals surface area contributed by atoms with Gasteiger partial charge in [-0.2, -0.15) is 11.8 Å². The first kappa shape index (κ1) is 9.81.